The van der Waals surface area contributed by atoms with Crippen molar-refractivity contribution >= 4 is 28.6 Å². The van der Waals surface area contributed by atoms with Crippen LogP contribution in [-0.2, 0) is 0 Å². The lowest BCUT2D eigenvalue weighted by Gasteiger charge is -2.09. The van der Waals surface area contributed by atoms with E-state index in [0.29, 0.717) is 17.3 Å². The zero-order chi connectivity index (χ0) is 17.2. The van der Waals surface area contributed by atoms with Crippen LogP contribution >= 0.6 is 11.3 Å². The van der Waals surface area contributed by atoms with Crippen LogP contribution in [0.3, 0.4) is 0 Å². The van der Waals surface area contributed by atoms with Crippen molar-refractivity contribution in [3.63, 3.8) is 0 Å². The Morgan fingerprint density at radius 1 is 1.08 bits per heavy atom. The molecular formula is C19H14FN3OS. The highest BCUT2D eigenvalue weighted by Crippen LogP contribution is 2.30. The predicted octanol–water partition coefficient (Wildman–Crippen LogP) is 4.33. The quantitative estimate of drug-likeness (QED) is 0.763. The Balaban J connectivity index is 1.88. The van der Waals surface area contributed by atoms with Crippen molar-refractivity contribution in [1.82, 2.24) is 5.43 Å². The third-order valence-electron chi connectivity index (χ3n) is 3.84. The summed E-state index contributed by atoms with van der Waals surface area (Å²) >= 11 is 1.58. The number of halogens is 1. The number of hydrogen-bond acceptors (Lipinski definition) is 5. The van der Waals surface area contributed by atoms with Crippen molar-refractivity contribution in [2.75, 3.05) is 7.11 Å². The number of nitrogens with zero attached hydrogens (tertiary/aromatic N) is 2. The van der Waals surface area contributed by atoms with Gasteiger partial charge in [0.25, 0.3) is 0 Å². The van der Waals surface area contributed by atoms with Crippen LogP contribution in [0.4, 0.5) is 10.1 Å². The van der Waals surface area contributed by atoms with Crippen molar-refractivity contribution in [2.45, 2.75) is 0 Å². The van der Waals surface area contributed by atoms with Gasteiger partial charge in [-0.25, -0.2) is 9.38 Å². The molecule has 0 atom stereocenters. The van der Waals surface area contributed by atoms with Gasteiger partial charge in [0, 0.05) is 11.1 Å². The van der Waals surface area contributed by atoms with E-state index >= 15 is 0 Å². The van der Waals surface area contributed by atoms with Crippen molar-refractivity contribution in [1.29, 1.82) is 0 Å². The van der Waals surface area contributed by atoms with Crippen molar-refractivity contribution in [3.8, 4) is 5.75 Å². The van der Waals surface area contributed by atoms with E-state index in [-0.39, 0.29) is 5.82 Å². The summed E-state index contributed by atoms with van der Waals surface area (Å²) in [4.78, 5) is 5.71. The maximum Gasteiger partial charge on any atom is 0.164 e. The van der Waals surface area contributed by atoms with E-state index in [9.17, 15) is 4.39 Å². The molecule has 6 heteroatoms. The number of fused-ring (bicyclic) bond motifs is 1. The molecule has 1 N–H and O–H groups in total. The molecule has 0 amide bonds. The molecule has 0 saturated heterocycles. The maximum absolute atomic E-state index is 13.3. The summed E-state index contributed by atoms with van der Waals surface area (Å²) in [5.74, 6) is 1.11. The van der Waals surface area contributed by atoms with E-state index in [1.807, 2.05) is 35.7 Å². The van der Waals surface area contributed by atoms with Gasteiger partial charge in [0.05, 0.1) is 17.7 Å². The molecule has 0 radical (unpaired) electrons. The van der Waals surface area contributed by atoms with E-state index in [0.717, 1.165) is 21.7 Å². The third-order valence-corrected chi connectivity index (χ3v) is 4.71. The van der Waals surface area contributed by atoms with Gasteiger partial charge in [-0.1, -0.05) is 6.07 Å². The third kappa shape index (κ3) is 3.04. The summed E-state index contributed by atoms with van der Waals surface area (Å²) in [5.41, 5.74) is 6.13. The SMILES string of the molecule is COc1ccc2c(c1)C(c1ccc(F)cc1)=NNC(c1cccs1)=N2. The van der Waals surface area contributed by atoms with E-state index in [1.165, 1.54) is 12.1 Å². The van der Waals surface area contributed by atoms with Gasteiger partial charge in [0.15, 0.2) is 5.84 Å². The van der Waals surface area contributed by atoms with Crippen LogP contribution in [0.2, 0.25) is 0 Å². The first-order valence-electron chi connectivity index (χ1n) is 7.65. The molecule has 4 nitrogen and oxygen atoms in total. The highest BCUT2D eigenvalue weighted by atomic mass is 32.1. The lowest BCUT2D eigenvalue weighted by molar-refractivity contribution is 0.415. The molecular weight excluding hydrogens is 337 g/mol. The lowest BCUT2D eigenvalue weighted by atomic mass is 10.0. The second-order valence-corrected chi connectivity index (χ2v) is 6.35. The standard InChI is InChI=1S/C19H14FN3OS/c1-24-14-8-9-16-15(11-14)18(12-4-6-13(20)7-5-12)22-23-19(21-16)17-3-2-10-25-17/h2-11H,1H3,(H,21,23). The molecule has 3 aromatic rings. The van der Waals surface area contributed by atoms with Crippen LogP contribution in [0, 0.1) is 5.82 Å². The average Bonchev–Trinajstić information content (AvgIpc) is 3.11. The van der Waals surface area contributed by atoms with Gasteiger partial charge < -0.3 is 4.74 Å². The number of amidine groups is 1. The Morgan fingerprint density at radius 2 is 1.92 bits per heavy atom. The van der Waals surface area contributed by atoms with Gasteiger partial charge >= 0.3 is 0 Å². The molecule has 1 aromatic heterocycles. The first-order valence-corrected chi connectivity index (χ1v) is 8.53. The molecule has 0 unspecified atom stereocenters. The zero-order valence-electron chi connectivity index (χ0n) is 13.4. The van der Waals surface area contributed by atoms with Crippen LogP contribution in [0.5, 0.6) is 5.75 Å². The summed E-state index contributed by atoms with van der Waals surface area (Å²) in [6, 6.07) is 15.8. The molecule has 0 spiro atoms. The lowest BCUT2D eigenvalue weighted by Crippen LogP contribution is -2.18. The van der Waals surface area contributed by atoms with E-state index in [4.69, 9.17) is 9.73 Å². The largest absolute Gasteiger partial charge is 0.497 e. The normalized spacial score (nSPS) is 13.2. The fourth-order valence-corrected chi connectivity index (χ4v) is 3.26. The summed E-state index contributed by atoms with van der Waals surface area (Å²) in [6.07, 6.45) is 0. The summed E-state index contributed by atoms with van der Waals surface area (Å²) in [7, 11) is 1.62. The van der Waals surface area contributed by atoms with Crippen molar-refractivity contribution in [3.05, 3.63) is 81.8 Å². The smallest absolute Gasteiger partial charge is 0.164 e. The summed E-state index contributed by atoms with van der Waals surface area (Å²) in [6.45, 7) is 0. The molecule has 1 aliphatic heterocycles. The number of thiophene rings is 1. The molecule has 0 saturated carbocycles. The Kier molecular flexibility index (Phi) is 4.03. The number of nitrogens with one attached hydrogen (secondary N) is 1. The van der Waals surface area contributed by atoms with Gasteiger partial charge in [0.1, 0.15) is 17.3 Å². The average molecular weight is 351 g/mol. The van der Waals surface area contributed by atoms with Gasteiger partial charge in [-0.3, -0.25) is 5.43 Å². The first-order chi connectivity index (χ1) is 12.2. The Labute approximate surface area is 148 Å². The highest BCUT2D eigenvalue weighted by Gasteiger charge is 2.18. The maximum atomic E-state index is 13.3. The number of aliphatic imine (C=N–C) groups is 1. The minimum absolute atomic E-state index is 0.285. The van der Waals surface area contributed by atoms with Crippen molar-refractivity contribution < 1.29 is 9.13 Å². The Morgan fingerprint density at radius 3 is 2.64 bits per heavy atom. The summed E-state index contributed by atoms with van der Waals surface area (Å²) in [5, 5.41) is 6.53. The minimum atomic E-state index is -0.285. The molecule has 1 aliphatic rings. The molecule has 2 heterocycles. The fraction of sp³-hybridized carbons (Fsp3) is 0.0526. The Bertz CT molecular complexity index is 963. The topological polar surface area (TPSA) is 46.0 Å². The molecule has 0 bridgehead atoms. The van der Waals surface area contributed by atoms with Gasteiger partial charge in [-0.05, 0) is 53.9 Å². The van der Waals surface area contributed by atoms with Crippen LogP contribution in [0.1, 0.15) is 16.0 Å². The van der Waals surface area contributed by atoms with Crippen LogP contribution in [0.25, 0.3) is 0 Å². The number of methoxy groups -OCH3 is 1. The fourth-order valence-electron chi connectivity index (χ4n) is 2.60. The number of rotatable bonds is 3. The second-order valence-electron chi connectivity index (χ2n) is 5.40. The molecule has 2 aromatic carbocycles. The molecule has 0 fully saturated rings. The van der Waals surface area contributed by atoms with Crippen molar-refractivity contribution in [2.24, 2.45) is 10.1 Å². The Hall–Kier alpha value is -2.99. The van der Waals surface area contributed by atoms with Crippen LogP contribution in [0.15, 0.2) is 70.1 Å². The molecule has 4 rings (SSSR count). The van der Waals surface area contributed by atoms with Crippen LogP contribution in [-0.4, -0.2) is 18.7 Å². The van der Waals surface area contributed by atoms with Gasteiger partial charge in [0.2, 0.25) is 0 Å². The highest BCUT2D eigenvalue weighted by molar-refractivity contribution is 7.12. The minimum Gasteiger partial charge on any atom is -0.497 e. The second kappa shape index (κ2) is 6.49. The number of benzene rings is 2. The van der Waals surface area contributed by atoms with E-state index in [1.54, 1.807) is 30.6 Å². The van der Waals surface area contributed by atoms with E-state index in [2.05, 4.69) is 10.5 Å². The number of hydrazone groups is 1. The van der Waals surface area contributed by atoms with Gasteiger partial charge in [-0.15, -0.1) is 11.3 Å². The predicted molar refractivity (Wildman–Crippen MR) is 98.7 cm³/mol. The zero-order valence-corrected chi connectivity index (χ0v) is 14.2. The summed E-state index contributed by atoms with van der Waals surface area (Å²) < 4.78 is 18.6. The number of hydrogen-bond donors (Lipinski definition) is 1. The number of ether oxygens (including phenoxy) is 1. The monoisotopic (exact) mass is 351 g/mol. The molecule has 25 heavy (non-hydrogen) atoms. The molecule has 0 aliphatic carbocycles. The van der Waals surface area contributed by atoms with Gasteiger partial charge in [-0.2, -0.15) is 5.10 Å². The van der Waals surface area contributed by atoms with Crippen LogP contribution < -0.4 is 10.2 Å². The van der Waals surface area contributed by atoms with E-state index < -0.39 is 0 Å². The molecule has 124 valence electrons. The first kappa shape index (κ1) is 15.5.